The van der Waals surface area contributed by atoms with E-state index in [0.29, 0.717) is 11.6 Å². The highest BCUT2D eigenvalue weighted by Crippen LogP contribution is 2.23. The smallest absolute Gasteiger partial charge is 0.133 e. The average molecular weight is 210 g/mol. The van der Waals surface area contributed by atoms with Crippen LogP contribution in [0.1, 0.15) is 18.9 Å². The molecule has 0 aliphatic heterocycles. The molecule has 1 N–H and O–H groups in total. The Bertz CT molecular complexity index is 335. The Morgan fingerprint density at radius 2 is 2.36 bits per heavy atom. The van der Waals surface area contributed by atoms with Crippen LogP contribution in [-0.2, 0) is 5.54 Å². The number of nitrogens with zero attached hydrogens (tertiary/aromatic N) is 2. The number of nitrogens with one attached hydrogen (secondary N) is 1. The van der Waals surface area contributed by atoms with E-state index in [-0.39, 0.29) is 0 Å². The summed E-state index contributed by atoms with van der Waals surface area (Å²) in [6.45, 7) is 1.95. The largest absolute Gasteiger partial charge is 0.299 e. The Hall–Kier alpha value is -1.11. The van der Waals surface area contributed by atoms with Gasteiger partial charge in [0.2, 0.25) is 0 Å². The molecule has 0 radical (unpaired) electrons. The summed E-state index contributed by atoms with van der Waals surface area (Å²) >= 11 is 5.68. The van der Waals surface area contributed by atoms with Crippen molar-refractivity contribution in [3.8, 4) is 6.07 Å². The van der Waals surface area contributed by atoms with E-state index in [0.717, 1.165) is 5.56 Å². The zero-order chi connectivity index (χ0) is 10.6. The van der Waals surface area contributed by atoms with Gasteiger partial charge < -0.3 is 0 Å². The topological polar surface area (TPSA) is 48.7 Å². The minimum Gasteiger partial charge on any atom is -0.299 e. The van der Waals surface area contributed by atoms with Crippen LogP contribution in [0.5, 0.6) is 0 Å². The Morgan fingerprint density at radius 1 is 1.64 bits per heavy atom. The van der Waals surface area contributed by atoms with E-state index >= 15 is 0 Å². The first kappa shape index (κ1) is 11.0. The Kier molecular flexibility index (Phi) is 3.45. The SMILES string of the molecule is CCC(C#N)(NC)c1ccc(Cl)nc1. The second-order valence-electron chi connectivity index (χ2n) is 2.99. The van der Waals surface area contributed by atoms with Gasteiger partial charge in [-0.15, -0.1) is 0 Å². The Balaban J connectivity index is 3.13. The number of hydrogen-bond acceptors (Lipinski definition) is 3. The van der Waals surface area contributed by atoms with Crippen molar-refractivity contribution in [1.29, 1.82) is 5.26 Å². The van der Waals surface area contributed by atoms with Crippen molar-refractivity contribution >= 4 is 11.6 Å². The van der Waals surface area contributed by atoms with Crippen molar-refractivity contribution in [2.24, 2.45) is 0 Å². The molecule has 1 heterocycles. The number of rotatable bonds is 3. The molecule has 1 atom stereocenters. The van der Waals surface area contributed by atoms with E-state index in [9.17, 15) is 0 Å². The molecule has 14 heavy (non-hydrogen) atoms. The second kappa shape index (κ2) is 4.41. The first-order valence-corrected chi connectivity index (χ1v) is 4.78. The lowest BCUT2D eigenvalue weighted by atomic mass is 9.90. The van der Waals surface area contributed by atoms with Gasteiger partial charge in [0.1, 0.15) is 10.7 Å². The molecule has 0 aliphatic rings. The van der Waals surface area contributed by atoms with Crippen molar-refractivity contribution in [3.63, 3.8) is 0 Å². The maximum Gasteiger partial charge on any atom is 0.133 e. The van der Waals surface area contributed by atoms with Gasteiger partial charge in [0.15, 0.2) is 0 Å². The molecule has 1 aromatic heterocycles. The van der Waals surface area contributed by atoms with Crippen LogP contribution in [0.3, 0.4) is 0 Å². The molecule has 0 aromatic carbocycles. The van der Waals surface area contributed by atoms with Gasteiger partial charge >= 0.3 is 0 Å². The fourth-order valence-corrected chi connectivity index (χ4v) is 1.46. The Morgan fingerprint density at radius 3 is 2.71 bits per heavy atom. The maximum absolute atomic E-state index is 9.13. The van der Waals surface area contributed by atoms with E-state index in [2.05, 4.69) is 16.4 Å². The summed E-state index contributed by atoms with van der Waals surface area (Å²) in [5, 5.41) is 12.6. The zero-order valence-electron chi connectivity index (χ0n) is 8.21. The molecule has 0 bridgehead atoms. The van der Waals surface area contributed by atoms with Crippen molar-refractivity contribution in [2.75, 3.05) is 7.05 Å². The van der Waals surface area contributed by atoms with Gasteiger partial charge in [0, 0.05) is 11.8 Å². The number of aromatic nitrogens is 1. The molecule has 0 amide bonds. The third kappa shape index (κ3) is 1.87. The number of pyridine rings is 1. The highest BCUT2D eigenvalue weighted by molar-refractivity contribution is 6.29. The van der Waals surface area contributed by atoms with Crippen molar-refractivity contribution in [3.05, 3.63) is 29.0 Å². The third-order valence-electron chi connectivity index (χ3n) is 2.37. The van der Waals surface area contributed by atoms with Crippen LogP contribution in [0.2, 0.25) is 5.15 Å². The van der Waals surface area contributed by atoms with Crippen LogP contribution < -0.4 is 5.32 Å². The molecule has 1 rings (SSSR count). The molecule has 0 spiro atoms. The molecule has 3 nitrogen and oxygen atoms in total. The van der Waals surface area contributed by atoms with Crippen LogP contribution in [0, 0.1) is 11.3 Å². The van der Waals surface area contributed by atoms with Crippen LogP contribution in [0.4, 0.5) is 0 Å². The molecule has 1 aromatic rings. The molecular formula is C10H12ClN3. The van der Waals surface area contributed by atoms with Crippen molar-refractivity contribution in [2.45, 2.75) is 18.9 Å². The third-order valence-corrected chi connectivity index (χ3v) is 2.59. The quantitative estimate of drug-likeness (QED) is 0.776. The normalized spacial score (nSPS) is 14.4. The first-order valence-electron chi connectivity index (χ1n) is 4.40. The molecule has 74 valence electrons. The summed E-state index contributed by atoms with van der Waals surface area (Å²) in [4.78, 5) is 3.96. The predicted molar refractivity (Wildman–Crippen MR) is 55.9 cm³/mol. The van der Waals surface area contributed by atoms with Gasteiger partial charge in [0.05, 0.1) is 6.07 Å². The standard InChI is InChI=1S/C10H12ClN3/c1-3-10(7-12,13-2)8-4-5-9(11)14-6-8/h4-6,13H,3H2,1-2H3. The Labute approximate surface area is 88.7 Å². The number of hydrogen-bond donors (Lipinski definition) is 1. The van der Waals surface area contributed by atoms with Crippen LogP contribution in [0.15, 0.2) is 18.3 Å². The molecule has 1 unspecified atom stereocenters. The fraction of sp³-hybridized carbons (Fsp3) is 0.400. The lowest BCUT2D eigenvalue weighted by Crippen LogP contribution is -2.37. The molecule has 4 heteroatoms. The summed E-state index contributed by atoms with van der Waals surface area (Å²) in [5.74, 6) is 0. The summed E-state index contributed by atoms with van der Waals surface area (Å²) in [6.07, 6.45) is 2.31. The van der Waals surface area contributed by atoms with Crippen molar-refractivity contribution in [1.82, 2.24) is 10.3 Å². The maximum atomic E-state index is 9.13. The first-order chi connectivity index (χ1) is 6.68. The van der Waals surface area contributed by atoms with Crippen LogP contribution >= 0.6 is 11.6 Å². The highest BCUT2D eigenvalue weighted by Gasteiger charge is 2.28. The van der Waals surface area contributed by atoms with Crippen LogP contribution in [-0.4, -0.2) is 12.0 Å². The average Bonchev–Trinajstić information content (AvgIpc) is 2.24. The fourth-order valence-electron chi connectivity index (χ4n) is 1.35. The van der Waals surface area contributed by atoms with E-state index in [4.69, 9.17) is 16.9 Å². The summed E-state index contributed by atoms with van der Waals surface area (Å²) in [7, 11) is 1.77. The van der Waals surface area contributed by atoms with Gasteiger partial charge in [-0.2, -0.15) is 5.26 Å². The van der Waals surface area contributed by atoms with Gasteiger partial charge in [-0.3, -0.25) is 5.32 Å². The minimum atomic E-state index is -0.655. The number of halogens is 1. The summed E-state index contributed by atoms with van der Waals surface area (Å²) in [6, 6.07) is 5.76. The molecular weight excluding hydrogens is 198 g/mol. The predicted octanol–water partition coefficient (Wildman–Crippen LogP) is 2.08. The monoisotopic (exact) mass is 209 g/mol. The minimum absolute atomic E-state index is 0.438. The lowest BCUT2D eigenvalue weighted by Gasteiger charge is -2.24. The van der Waals surface area contributed by atoms with Gasteiger partial charge in [-0.05, 0) is 19.5 Å². The van der Waals surface area contributed by atoms with Gasteiger partial charge in [-0.1, -0.05) is 24.6 Å². The van der Waals surface area contributed by atoms with Crippen LogP contribution in [0.25, 0.3) is 0 Å². The second-order valence-corrected chi connectivity index (χ2v) is 3.38. The summed E-state index contributed by atoms with van der Waals surface area (Å²) < 4.78 is 0. The van der Waals surface area contributed by atoms with E-state index in [1.807, 2.05) is 13.0 Å². The van der Waals surface area contributed by atoms with Crippen molar-refractivity contribution < 1.29 is 0 Å². The lowest BCUT2D eigenvalue weighted by molar-refractivity contribution is 0.452. The van der Waals surface area contributed by atoms with E-state index in [1.165, 1.54) is 0 Å². The highest BCUT2D eigenvalue weighted by atomic mass is 35.5. The molecule has 0 saturated carbocycles. The summed E-state index contributed by atoms with van der Waals surface area (Å²) in [5.41, 5.74) is 0.187. The molecule has 0 saturated heterocycles. The van der Waals surface area contributed by atoms with Gasteiger partial charge in [-0.25, -0.2) is 4.98 Å². The molecule has 0 fully saturated rings. The van der Waals surface area contributed by atoms with Gasteiger partial charge in [0.25, 0.3) is 0 Å². The molecule has 0 aliphatic carbocycles. The number of nitriles is 1. The van der Waals surface area contributed by atoms with E-state index in [1.54, 1.807) is 19.3 Å². The van der Waals surface area contributed by atoms with E-state index < -0.39 is 5.54 Å². The zero-order valence-corrected chi connectivity index (χ0v) is 8.97.